The third-order valence-electron chi connectivity index (χ3n) is 5.35. The van der Waals surface area contributed by atoms with E-state index < -0.39 is 11.5 Å². The van der Waals surface area contributed by atoms with Crippen LogP contribution in [0.5, 0.6) is 0 Å². The first kappa shape index (κ1) is 16.4. The highest BCUT2D eigenvalue weighted by atomic mass is 16.5. The van der Waals surface area contributed by atoms with Crippen molar-refractivity contribution in [3.63, 3.8) is 0 Å². The summed E-state index contributed by atoms with van der Waals surface area (Å²) in [5, 5.41) is 10.7. The van der Waals surface area contributed by atoms with Gasteiger partial charge in [0.2, 0.25) is 5.91 Å². The quantitative estimate of drug-likeness (QED) is 0.883. The second kappa shape index (κ2) is 6.59. The predicted octanol–water partition coefficient (Wildman–Crippen LogP) is 1.54. The van der Waals surface area contributed by atoms with Crippen molar-refractivity contribution in [1.82, 2.24) is 4.90 Å². The van der Waals surface area contributed by atoms with Crippen molar-refractivity contribution in [1.29, 1.82) is 0 Å². The van der Waals surface area contributed by atoms with Crippen LogP contribution in [-0.2, 0) is 11.3 Å². The van der Waals surface area contributed by atoms with E-state index in [1.54, 1.807) is 12.1 Å². The van der Waals surface area contributed by atoms with Gasteiger partial charge in [0.05, 0.1) is 12.2 Å². The normalized spacial score (nSPS) is 32.1. The molecule has 126 valence electrons. The van der Waals surface area contributed by atoms with Crippen LogP contribution >= 0.6 is 0 Å². The first-order valence-corrected chi connectivity index (χ1v) is 8.40. The highest BCUT2D eigenvalue weighted by Crippen LogP contribution is 2.36. The molecular formula is C18H26N2O3. The molecule has 1 amide bonds. The van der Waals surface area contributed by atoms with Gasteiger partial charge in [0.1, 0.15) is 0 Å². The standard InChI is InChI=1S/C18H26N2O3/c1-18(22)8-10-23-12-15(18)16-3-2-9-20(16)11-13-4-6-14(7-5-13)17(19)21/h4-7,15-16,22H,2-3,8-12H2,1H3,(H2,19,21)/t15-,16+,18-/m0/s1. The van der Waals surface area contributed by atoms with Crippen LogP contribution in [0.1, 0.15) is 42.1 Å². The molecule has 2 fully saturated rings. The van der Waals surface area contributed by atoms with Gasteiger partial charge in [0.25, 0.3) is 0 Å². The highest BCUT2D eigenvalue weighted by Gasteiger charge is 2.43. The Morgan fingerprint density at radius 2 is 2.17 bits per heavy atom. The Labute approximate surface area is 137 Å². The molecule has 0 aliphatic carbocycles. The van der Waals surface area contributed by atoms with E-state index in [0.29, 0.717) is 31.2 Å². The number of primary amides is 1. The lowest BCUT2D eigenvalue weighted by atomic mass is 9.79. The molecule has 0 aromatic heterocycles. The maximum Gasteiger partial charge on any atom is 0.248 e. The molecule has 1 aromatic rings. The Kier molecular flexibility index (Phi) is 4.71. The number of nitrogens with zero attached hydrogens (tertiary/aromatic N) is 1. The molecule has 5 heteroatoms. The van der Waals surface area contributed by atoms with E-state index in [4.69, 9.17) is 10.5 Å². The van der Waals surface area contributed by atoms with E-state index in [1.165, 1.54) is 5.56 Å². The maximum absolute atomic E-state index is 11.2. The number of hydrogen-bond donors (Lipinski definition) is 2. The molecule has 0 spiro atoms. The monoisotopic (exact) mass is 318 g/mol. The maximum atomic E-state index is 11.2. The molecule has 3 N–H and O–H groups in total. The summed E-state index contributed by atoms with van der Waals surface area (Å²) in [5.41, 5.74) is 6.34. The Hall–Kier alpha value is -1.43. The van der Waals surface area contributed by atoms with E-state index in [-0.39, 0.29) is 5.92 Å². The molecule has 0 radical (unpaired) electrons. The van der Waals surface area contributed by atoms with Crippen LogP contribution in [0, 0.1) is 5.92 Å². The zero-order chi connectivity index (χ0) is 16.4. The van der Waals surface area contributed by atoms with Gasteiger partial charge in [0.15, 0.2) is 0 Å². The zero-order valence-electron chi connectivity index (χ0n) is 13.7. The first-order chi connectivity index (χ1) is 11.0. The number of carbonyl (C=O) groups is 1. The van der Waals surface area contributed by atoms with Gasteiger partial charge in [-0.3, -0.25) is 9.69 Å². The number of amides is 1. The van der Waals surface area contributed by atoms with Crippen molar-refractivity contribution < 1.29 is 14.6 Å². The van der Waals surface area contributed by atoms with Crippen LogP contribution in [0.2, 0.25) is 0 Å². The van der Waals surface area contributed by atoms with Gasteiger partial charge in [0, 0.05) is 30.7 Å². The predicted molar refractivity (Wildman–Crippen MR) is 87.9 cm³/mol. The van der Waals surface area contributed by atoms with Crippen molar-refractivity contribution in [2.45, 2.75) is 44.4 Å². The zero-order valence-corrected chi connectivity index (χ0v) is 13.7. The van der Waals surface area contributed by atoms with E-state index >= 15 is 0 Å². The summed E-state index contributed by atoms with van der Waals surface area (Å²) in [6, 6.07) is 7.84. The number of hydrogen-bond acceptors (Lipinski definition) is 4. The minimum atomic E-state index is -0.651. The second-order valence-corrected chi connectivity index (χ2v) is 7.03. The number of benzene rings is 1. The number of rotatable bonds is 4. The first-order valence-electron chi connectivity index (χ1n) is 8.40. The molecule has 1 aromatic carbocycles. The summed E-state index contributed by atoms with van der Waals surface area (Å²) in [6.45, 7) is 5.09. The Balaban J connectivity index is 1.70. The molecule has 2 saturated heterocycles. The van der Waals surface area contributed by atoms with Crippen LogP contribution in [-0.4, -0.2) is 47.3 Å². The van der Waals surface area contributed by atoms with Crippen molar-refractivity contribution >= 4 is 5.91 Å². The van der Waals surface area contributed by atoms with E-state index in [1.807, 2.05) is 19.1 Å². The molecule has 3 rings (SSSR count). The Bertz CT molecular complexity index is 556. The molecule has 0 unspecified atom stereocenters. The van der Waals surface area contributed by atoms with Gasteiger partial charge in [-0.05, 0) is 50.4 Å². The number of aliphatic hydroxyl groups is 1. The second-order valence-electron chi connectivity index (χ2n) is 7.03. The third kappa shape index (κ3) is 3.57. The van der Waals surface area contributed by atoms with Crippen LogP contribution in [0.3, 0.4) is 0 Å². The van der Waals surface area contributed by atoms with Crippen LogP contribution in [0.25, 0.3) is 0 Å². The average Bonchev–Trinajstić information content (AvgIpc) is 2.95. The molecule has 2 aliphatic heterocycles. The summed E-state index contributed by atoms with van der Waals surface area (Å²) in [6.07, 6.45) is 2.95. The highest BCUT2D eigenvalue weighted by molar-refractivity contribution is 5.92. The molecule has 3 atom stereocenters. The smallest absolute Gasteiger partial charge is 0.248 e. The summed E-state index contributed by atoms with van der Waals surface area (Å²) in [4.78, 5) is 13.6. The van der Waals surface area contributed by atoms with E-state index in [0.717, 1.165) is 25.9 Å². The van der Waals surface area contributed by atoms with E-state index in [9.17, 15) is 9.90 Å². The minimum absolute atomic E-state index is 0.156. The average molecular weight is 318 g/mol. The van der Waals surface area contributed by atoms with Gasteiger partial charge >= 0.3 is 0 Å². The topological polar surface area (TPSA) is 75.8 Å². The van der Waals surface area contributed by atoms with Gasteiger partial charge in [-0.15, -0.1) is 0 Å². The van der Waals surface area contributed by atoms with Crippen molar-refractivity contribution in [2.24, 2.45) is 11.7 Å². The van der Waals surface area contributed by atoms with Gasteiger partial charge in [-0.25, -0.2) is 0 Å². The van der Waals surface area contributed by atoms with Crippen LogP contribution < -0.4 is 5.73 Å². The van der Waals surface area contributed by atoms with Crippen LogP contribution in [0.4, 0.5) is 0 Å². The third-order valence-corrected chi connectivity index (χ3v) is 5.35. The number of likely N-dealkylation sites (tertiary alicyclic amines) is 1. The lowest BCUT2D eigenvalue weighted by Gasteiger charge is -2.43. The number of nitrogens with two attached hydrogens (primary N) is 1. The molecule has 0 saturated carbocycles. The molecule has 2 heterocycles. The van der Waals surface area contributed by atoms with Crippen molar-refractivity contribution in [3.05, 3.63) is 35.4 Å². The van der Waals surface area contributed by atoms with Gasteiger partial charge < -0.3 is 15.6 Å². The number of ether oxygens (including phenoxy) is 1. The van der Waals surface area contributed by atoms with Gasteiger partial charge in [-0.2, -0.15) is 0 Å². The van der Waals surface area contributed by atoms with Crippen LogP contribution in [0.15, 0.2) is 24.3 Å². The SMILES string of the molecule is C[C@]1(O)CCOC[C@H]1[C@H]1CCCN1Cc1ccc(C(N)=O)cc1. The summed E-state index contributed by atoms with van der Waals surface area (Å²) in [7, 11) is 0. The fourth-order valence-electron chi connectivity index (χ4n) is 3.89. The van der Waals surface area contributed by atoms with Gasteiger partial charge in [-0.1, -0.05) is 12.1 Å². The Morgan fingerprint density at radius 1 is 1.43 bits per heavy atom. The molecule has 0 bridgehead atoms. The lowest BCUT2D eigenvalue weighted by molar-refractivity contribution is -0.123. The Morgan fingerprint density at radius 3 is 2.83 bits per heavy atom. The summed E-state index contributed by atoms with van der Waals surface area (Å²) in [5.74, 6) is -0.241. The fraction of sp³-hybridized carbons (Fsp3) is 0.611. The molecule has 2 aliphatic rings. The minimum Gasteiger partial charge on any atom is -0.390 e. The van der Waals surface area contributed by atoms with E-state index in [2.05, 4.69) is 4.90 Å². The molecule has 23 heavy (non-hydrogen) atoms. The number of carbonyl (C=O) groups excluding carboxylic acids is 1. The summed E-state index contributed by atoms with van der Waals surface area (Å²) < 4.78 is 5.63. The molecule has 5 nitrogen and oxygen atoms in total. The fourth-order valence-corrected chi connectivity index (χ4v) is 3.89. The summed E-state index contributed by atoms with van der Waals surface area (Å²) >= 11 is 0. The lowest BCUT2D eigenvalue weighted by Crippen LogP contribution is -2.52. The molecular weight excluding hydrogens is 292 g/mol. The van der Waals surface area contributed by atoms with Crippen molar-refractivity contribution in [3.8, 4) is 0 Å². The largest absolute Gasteiger partial charge is 0.390 e. The van der Waals surface area contributed by atoms with Crippen molar-refractivity contribution in [2.75, 3.05) is 19.8 Å².